The molecule has 0 spiro atoms. The third-order valence-electron chi connectivity index (χ3n) is 2.74. The van der Waals surface area contributed by atoms with Crippen molar-refractivity contribution in [2.75, 3.05) is 13.7 Å². The molecule has 0 aliphatic rings. The number of aromatic amines is 1. The quantitative estimate of drug-likeness (QED) is 0.599. The van der Waals surface area contributed by atoms with Crippen LogP contribution in [0.2, 0.25) is 0 Å². The summed E-state index contributed by atoms with van der Waals surface area (Å²) in [6.07, 6.45) is 0. The van der Waals surface area contributed by atoms with Gasteiger partial charge in [-0.15, -0.1) is 10.2 Å². The number of halogens is 1. The molecule has 6 nitrogen and oxygen atoms in total. The largest absolute Gasteiger partial charge is 0.493 e. The Balaban J connectivity index is 2.19. The first-order chi connectivity index (χ1) is 10.0. The predicted molar refractivity (Wildman–Crippen MR) is 81.5 cm³/mol. The molecule has 21 heavy (non-hydrogen) atoms. The van der Waals surface area contributed by atoms with Gasteiger partial charge in [0.2, 0.25) is 11.0 Å². The standard InChI is InChI=1S/C13H15FN4O2S/c1-7(6-20-2)15-13(21)18-17-11-9-5-8(14)3-4-10(9)16-12(11)19/h3-5,7,16,19H,6H2,1-2H3,(H,15,21)/t7-/m1/s1. The molecule has 1 heterocycles. The van der Waals surface area contributed by atoms with Crippen molar-refractivity contribution >= 4 is 33.9 Å². The van der Waals surface area contributed by atoms with Gasteiger partial charge in [-0.3, -0.25) is 0 Å². The van der Waals surface area contributed by atoms with Crippen molar-refractivity contribution in [2.24, 2.45) is 10.2 Å². The molecule has 0 bridgehead atoms. The first-order valence-electron chi connectivity index (χ1n) is 6.22. The fourth-order valence-corrected chi connectivity index (χ4v) is 2.11. The number of azo groups is 1. The zero-order valence-electron chi connectivity index (χ0n) is 11.6. The Labute approximate surface area is 126 Å². The molecule has 2 rings (SSSR count). The molecule has 2 aromatic rings. The van der Waals surface area contributed by atoms with Gasteiger partial charge in [-0.2, -0.15) is 0 Å². The van der Waals surface area contributed by atoms with Crippen molar-refractivity contribution in [3.8, 4) is 5.88 Å². The summed E-state index contributed by atoms with van der Waals surface area (Å²) in [4.78, 5) is 2.69. The predicted octanol–water partition coefficient (Wildman–Crippen LogP) is 3.01. The average molecular weight is 310 g/mol. The van der Waals surface area contributed by atoms with Crippen LogP contribution in [0.4, 0.5) is 10.1 Å². The number of aromatic nitrogens is 1. The molecule has 0 fully saturated rings. The molecule has 8 heteroatoms. The second kappa shape index (κ2) is 6.59. The minimum atomic E-state index is -0.424. The van der Waals surface area contributed by atoms with Crippen LogP contribution in [0.1, 0.15) is 6.92 Å². The smallest absolute Gasteiger partial charge is 0.218 e. The molecule has 0 aliphatic heterocycles. The van der Waals surface area contributed by atoms with Gasteiger partial charge in [0.15, 0.2) is 5.69 Å². The minimum absolute atomic E-state index is 0.0181. The summed E-state index contributed by atoms with van der Waals surface area (Å²) in [6, 6.07) is 4.05. The summed E-state index contributed by atoms with van der Waals surface area (Å²) in [5, 5.41) is 21.0. The van der Waals surface area contributed by atoms with Crippen LogP contribution < -0.4 is 5.32 Å². The number of ether oxygens (including phenoxy) is 1. The highest BCUT2D eigenvalue weighted by molar-refractivity contribution is 7.80. The van der Waals surface area contributed by atoms with E-state index in [1.807, 2.05) is 6.92 Å². The minimum Gasteiger partial charge on any atom is -0.493 e. The van der Waals surface area contributed by atoms with Gasteiger partial charge in [0.25, 0.3) is 0 Å². The molecule has 0 aliphatic carbocycles. The normalized spacial score (nSPS) is 12.9. The van der Waals surface area contributed by atoms with Gasteiger partial charge in [0, 0.05) is 18.5 Å². The molecule has 0 amide bonds. The van der Waals surface area contributed by atoms with Crippen molar-refractivity contribution in [1.82, 2.24) is 10.3 Å². The number of thiocarbonyl (C=S) groups is 1. The van der Waals surface area contributed by atoms with E-state index in [0.717, 1.165) is 0 Å². The van der Waals surface area contributed by atoms with Gasteiger partial charge >= 0.3 is 0 Å². The van der Waals surface area contributed by atoms with Crippen LogP contribution in [0.15, 0.2) is 28.4 Å². The lowest BCUT2D eigenvalue weighted by molar-refractivity contribution is 0.179. The maximum Gasteiger partial charge on any atom is 0.218 e. The van der Waals surface area contributed by atoms with E-state index in [2.05, 4.69) is 20.5 Å². The Hall–Kier alpha value is -2.06. The first kappa shape index (κ1) is 15.3. The number of rotatable bonds is 4. The molecule has 0 saturated heterocycles. The number of aromatic hydroxyl groups is 1. The molecule has 112 valence electrons. The topological polar surface area (TPSA) is 82.0 Å². The Morgan fingerprint density at radius 2 is 2.33 bits per heavy atom. The van der Waals surface area contributed by atoms with Crippen LogP contribution in [-0.2, 0) is 4.74 Å². The van der Waals surface area contributed by atoms with Gasteiger partial charge in [-0.25, -0.2) is 4.39 Å². The van der Waals surface area contributed by atoms with Gasteiger partial charge in [-0.1, -0.05) is 0 Å². The van der Waals surface area contributed by atoms with Crippen LogP contribution in [-0.4, -0.2) is 35.0 Å². The van der Waals surface area contributed by atoms with Gasteiger partial charge in [0.1, 0.15) is 5.82 Å². The highest BCUT2D eigenvalue weighted by Gasteiger charge is 2.11. The number of hydrogen-bond donors (Lipinski definition) is 3. The molecule has 1 aromatic carbocycles. The molecule has 0 radical (unpaired) electrons. The lowest BCUT2D eigenvalue weighted by Crippen LogP contribution is -2.33. The summed E-state index contributed by atoms with van der Waals surface area (Å²) in [7, 11) is 1.58. The molecule has 1 aromatic heterocycles. The SMILES string of the molecule is COC[C@@H](C)NC(=S)N=Nc1c(O)[nH]c2ccc(F)cc12. The molecule has 0 unspecified atom stereocenters. The number of nitrogens with one attached hydrogen (secondary N) is 2. The van der Waals surface area contributed by atoms with Gasteiger partial charge in [0.05, 0.1) is 12.1 Å². The molecule has 1 atom stereocenters. The lowest BCUT2D eigenvalue weighted by Gasteiger charge is -2.11. The van der Waals surface area contributed by atoms with Crippen LogP contribution in [0.3, 0.4) is 0 Å². The van der Waals surface area contributed by atoms with Crippen molar-refractivity contribution in [2.45, 2.75) is 13.0 Å². The third-order valence-corrected chi connectivity index (χ3v) is 2.94. The zero-order valence-corrected chi connectivity index (χ0v) is 12.4. The Bertz CT molecular complexity index is 686. The van der Waals surface area contributed by atoms with E-state index >= 15 is 0 Å². The van der Waals surface area contributed by atoms with Crippen molar-refractivity contribution in [3.05, 3.63) is 24.0 Å². The van der Waals surface area contributed by atoms with Crippen LogP contribution in [0, 0.1) is 5.82 Å². The highest BCUT2D eigenvalue weighted by atomic mass is 32.1. The summed E-state index contributed by atoms with van der Waals surface area (Å²) in [5.41, 5.74) is 0.711. The van der Waals surface area contributed by atoms with Crippen LogP contribution >= 0.6 is 12.2 Å². The van der Waals surface area contributed by atoms with Gasteiger partial charge < -0.3 is 20.1 Å². The molecule has 0 saturated carbocycles. The van der Waals surface area contributed by atoms with Crippen molar-refractivity contribution in [3.63, 3.8) is 0 Å². The number of H-pyrrole nitrogens is 1. The fraction of sp³-hybridized carbons (Fsp3) is 0.308. The van der Waals surface area contributed by atoms with Crippen LogP contribution in [0.5, 0.6) is 5.88 Å². The van der Waals surface area contributed by atoms with Crippen molar-refractivity contribution < 1.29 is 14.2 Å². The second-order valence-corrected chi connectivity index (χ2v) is 4.90. The second-order valence-electron chi connectivity index (χ2n) is 4.52. The highest BCUT2D eigenvalue weighted by Crippen LogP contribution is 2.35. The van der Waals surface area contributed by atoms with E-state index in [1.54, 1.807) is 7.11 Å². The van der Waals surface area contributed by atoms with E-state index < -0.39 is 5.82 Å². The van der Waals surface area contributed by atoms with E-state index in [4.69, 9.17) is 17.0 Å². The van der Waals surface area contributed by atoms with Crippen LogP contribution in [0.25, 0.3) is 10.9 Å². The number of nitrogens with zero attached hydrogens (tertiary/aromatic N) is 2. The van der Waals surface area contributed by atoms with Gasteiger partial charge in [-0.05, 0) is 37.3 Å². The first-order valence-corrected chi connectivity index (χ1v) is 6.63. The maximum absolute atomic E-state index is 13.3. The van der Waals surface area contributed by atoms with E-state index in [1.165, 1.54) is 18.2 Å². The number of hydrogen-bond acceptors (Lipinski definition) is 4. The Morgan fingerprint density at radius 1 is 1.57 bits per heavy atom. The molecular formula is C13H15FN4O2S. The summed E-state index contributed by atoms with van der Waals surface area (Å²) in [6.45, 7) is 2.35. The van der Waals surface area contributed by atoms with Crippen molar-refractivity contribution in [1.29, 1.82) is 0 Å². The number of benzene rings is 1. The van der Waals surface area contributed by atoms with E-state index in [9.17, 15) is 9.50 Å². The third kappa shape index (κ3) is 3.73. The Kier molecular flexibility index (Phi) is 4.81. The van der Waals surface area contributed by atoms with E-state index in [-0.39, 0.29) is 22.7 Å². The maximum atomic E-state index is 13.3. The summed E-state index contributed by atoms with van der Waals surface area (Å²) in [5.74, 6) is -0.612. The Morgan fingerprint density at radius 3 is 3.05 bits per heavy atom. The summed E-state index contributed by atoms with van der Waals surface area (Å²) < 4.78 is 18.2. The number of methoxy groups -OCH3 is 1. The molecule has 3 N–H and O–H groups in total. The number of fused-ring (bicyclic) bond motifs is 1. The molecular weight excluding hydrogens is 295 g/mol. The fourth-order valence-electron chi connectivity index (χ4n) is 1.86. The lowest BCUT2D eigenvalue weighted by atomic mass is 10.2. The summed E-state index contributed by atoms with van der Waals surface area (Å²) >= 11 is 5.02. The monoisotopic (exact) mass is 310 g/mol. The zero-order chi connectivity index (χ0) is 15.4. The average Bonchev–Trinajstić information content (AvgIpc) is 2.72. The van der Waals surface area contributed by atoms with E-state index in [0.29, 0.717) is 17.5 Å².